The lowest BCUT2D eigenvalue weighted by Gasteiger charge is -2.32. The van der Waals surface area contributed by atoms with Crippen molar-refractivity contribution in [3.8, 4) is 0 Å². The number of anilines is 1. The van der Waals surface area contributed by atoms with Gasteiger partial charge >= 0.3 is 0 Å². The van der Waals surface area contributed by atoms with Gasteiger partial charge in [-0.15, -0.1) is 0 Å². The maximum Gasteiger partial charge on any atom is 0.222 e. The maximum atomic E-state index is 4.28. The number of benzene rings is 1. The quantitative estimate of drug-likeness (QED) is 0.814. The third-order valence-electron chi connectivity index (χ3n) is 6.04. The van der Waals surface area contributed by atoms with Crippen molar-refractivity contribution in [2.45, 2.75) is 44.6 Å². The van der Waals surface area contributed by atoms with Crippen LogP contribution in [0.25, 0.3) is 5.57 Å². The molecule has 142 valence electrons. The summed E-state index contributed by atoms with van der Waals surface area (Å²) in [5.41, 5.74) is 2.91. The third-order valence-corrected chi connectivity index (χ3v) is 6.04. The van der Waals surface area contributed by atoms with Gasteiger partial charge in [0.15, 0.2) is 0 Å². The Morgan fingerprint density at radius 1 is 0.963 bits per heavy atom. The minimum absolute atomic E-state index is 0.537. The Kier molecular flexibility index (Phi) is 6.15. The van der Waals surface area contributed by atoms with Crippen molar-refractivity contribution in [2.75, 3.05) is 25.0 Å². The Labute approximate surface area is 162 Å². The van der Waals surface area contributed by atoms with Crippen LogP contribution in [0.3, 0.4) is 0 Å². The van der Waals surface area contributed by atoms with E-state index in [-0.39, 0.29) is 0 Å². The Balaban J connectivity index is 1.17. The zero-order chi connectivity index (χ0) is 18.3. The molecule has 1 aromatic heterocycles. The molecule has 4 nitrogen and oxygen atoms in total. The summed E-state index contributed by atoms with van der Waals surface area (Å²) in [6.07, 6.45) is 13.7. The molecule has 0 spiro atoms. The summed E-state index contributed by atoms with van der Waals surface area (Å²) in [6.45, 7) is 3.54. The summed E-state index contributed by atoms with van der Waals surface area (Å²) in [5, 5.41) is 3.49. The highest BCUT2D eigenvalue weighted by Gasteiger charge is 2.22. The van der Waals surface area contributed by atoms with Gasteiger partial charge in [-0.05, 0) is 68.2 Å². The molecule has 4 rings (SSSR count). The Morgan fingerprint density at radius 3 is 2.44 bits per heavy atom. The second-order valence-corrected chi connectivity index (χ2v) is 7.87. The average Bonchev–Trinajstić information content (AvgIpc) is 2.75. The Bertz CT molecular complexity index is 721. The lowest BCUT2D eigenvalue weighted by atomic mass is 9.84. The van der Waals surface area contributed by atoms with E-state index in [1.54, 1.807) is 12.4 Å². The van der Waals surface area contributed by atoms with E-state index in [9.17, 15) is 0 Å². The minimum Gasteiger partial charge on any atom is -0.351 e. The van der Waals surface area contributed by atoms with E-state index in [0.717, 1.165) is 18.4 Å². The first kappa shape index (κ1) is 18.2. The second-order valence-electron chi connectivity index (χ2n) is 7.87. The molecular weight excluding hydrogens is 332 g/mol. The molecule has 0 amide bonds. The van der Waals surface area contributed by atoms with Gasteiger partial charge in [-0.3, -0.25) is 4.90 Å². The van der Waals surface area contributed by atoms with Crippen LogP contribution in [0.15, 0.2) is 54.9 Å². The lowest BCUT2D eigenvalue weighted by Crippen LogP contribution is -2.32. The molecule has 2 aliphatic rings. The van der Waals surface area contributed by atoms with E-state index in [0.29, 0.717) is 6.04 Å². The first-order valence-corrected chi connectivity index (χ1v) is 10.4. The molecule has 0 bridgehead atoms. The molecule has 0 atom stereocenters. The average molecular weight is 363 g/mol. The SMILES string of the molecule is C1=C(c2ccccc2)CCN(CCC2CCC(Nc3ncccn3)CC2)C1. The van der Waals surface area contributed by atoms with E-state index in [4.69, 9.17) is 0 Å². The zero-order valence-corrected chi connectivity index (χ0v) is 16.1. The molecule has 2 heterocycles. The molecule has 1 saturated carbocycles. The van der Waals surface area contributed by atoms with Gasteiger partial charge in [-0.2, -0.15) is 0 Å². The van der Waals surface area contributed by atoms with Gasteiger partial charge in [0.1, 0.15) is 0 Å². The first-order valence-electron chi connectivity index (χ1n) is 10.4. The highest BCUT2D eigenvalue weighted by Crippen LogP contribution is 2.29. The smallest absolute Gasteiger partial charge is 0.222 e. The van der Waals surface area contributed by atoms with Gasteiger partial charge in [-0.1, -0.05) is 36.4 Å². The number of nitrogens with zero attached hydrogens (tertiary/aromatic N) is 3. The minimum atomic E-state index is 0.537. The summed E-state index contributed by atoms with van der Waals surface area (Å²) < 4.78 is 0. The number of rotatable bonds is 6. The summed E-state index contributed by atoms with van der Waals surface area (Å²) in [5.74, 6) is 1.65. The summed E-state index contributed by atoms with van der Waals surface area (Å²) >= 11 is 0. The largest absolute Gasteiger partial charge is 0.351 e. The first-order chi connectivity index (χ1) is 13.4. The van der Waals surface area contributed by atoms with Crippen molar-refractivity contribution in [1.29, 1.82) is 0 Å². The molecule has 0 unspecified atom stereocenters. The third kappa shape index (κ3) is 5.16. The van der Waals surface area contributed by atoms with Crippen LogP contribution in [0.4, 0.5) is 5.95 Å². The van der Waals surface area contributed by atoms with Gasteiger partial charge < -0.3 is 5.32 Å². The molecule has 0 saturated heterocycles. The van der Waals surface area contributed by atoms with Crippen molar-refractivity contribution in [1.82, 2.24) is 14.9 Å². The number of hydrogen-bond donors (Lipinski definition) is 1. The molecule has 1 fully saturated rings. The van der Waals surface area contributed by atoms with Crippen molar-refractivity contribution < 1.29 is 0 Å². The van der Waals surface area contributed by atoms with Crippen molar-refractivity contribution in [3.63, 3.8) is 0 Å². The number of nitrogens with one attached hydrogen (secondary N) is 1. The van der Waals surface area contributed by atoms with Crippen LogP contribution in [-0.2, 0) is 0 Å². The molecule has 1 N–H and O–H groups in total. The zero-order valence-electron chi connectivity index (χ0n) is 16.1. The van der Waals surface area contributed by atoms with Gasteiger partial charge in [-0.25, -0.2) is 9.97 Å². The Morgan fingerprint density at radius 2 is 1.74 bits per heavy atom. The molecule has 1 aliphatic heterocycles. The fourth-order valence-electron chi connectivity index (χ4n) is 4.35. The molecule has 2 aromatic rings. The van der Waals surface area contributed by atoms with Gasteiger partial charge in [0.05, 0.1) is 0 Å². The fourth-order valence-corrected chi connectivity index (χ4v) is 4.35. The van der Waals surface area contributed by atoms with Crippen LogP contribution in [0.5, 0.6) is 0 Å². The van der Waals surface area contributed by atoms with Gasteiger partial charge in [0.2, 0.25) is 5.95 Å². The molecule has 0 radical (unpaired) electrons. The molecule has 1 aromatic carbocycles. The van der Waals surface area contributed by atoms with E-state index in [2.05, 4.69) is 56.6 Å². The lowest BCUT2D eigenvalue weighted by molar-refractivity contribution is 0.243. The van der Waals surface area contributed by atoms with Crippen molar-refractivity contribution >= 4 is 11.5 Å². The van der Waals surface area contributed by atoms with E-state index in [1.807, 2.05) is 6.07 Å². The van der Waals surface area contributed by atoms with Crippen molar-refractivity contribution in [3.05, 3.63) is 60.4 Å². The topological polar surface area (TPSA) is 41.0 Å². The van der Waals surface area contributed by atoms with E-state index < -0.39 is 0 Å². The van der Waals surface area contributed by atoms with Crippen LogP contribution in [0, 0.1) is 5.92 Å². The van der Waals surface area contributed by atoms with Crippen LogP contribution < -0.4 is 5.32 Å². The summed E-state index contributed by atoms with van der Waals surface area (Å²) in [7, 11) is 0. The molecular formula is C23H30N4. The van der Waals surface area contributed by atoms with Crippen LogP contribution in [-0.4, -0.2) is 40.5 Å². The normalized spacial score (nSPS) is 23.6. The highest BCUT2D eigenvalue weighted by molar-refractivity contribution is 5.66. The summed E-state index contributed by atoms with van der Waals surface area (Å²) in [6, 6.07) is 13.2. The van der Waals surface area contributed by atoms with Gasteiger partial charge in [0.25, 0.3) is 0 Å². The van der Waals surface area contributed by atoms with Crippen LogP contribution >= 0.6 is 0 Å². The van der Waals surface area contributed by atoms with Crippen LogP contribution in [0.1, 0.15) is 44.1 Å². The number of aromatic nitrogens is 2. The van der Waals surface area contributed by atoms with Crippen LogP contribution in [0.2, 0.25) is 0 Å². The Hall–Kier alpha value is -2.20. The fraction of sp³-hybridized carbons (Fsp3) is 0.478. The van der Waals surface area contributed by atoms with E-state index in [1.165, 1.54) is 62.8 Å². The second kappa shape index (κ2) is 9.14. The highest BCUT2D eigenvalue weighted by atomic mass is 15.1. The van der Waals surface area contributed by atoms with Gasteiger partial charge in [0, 0.05) is 31.5 Å². The number of hydrogen-bond acceptors (Lipinski definition) is 4. The molecule has 1 aliphatic carbocycles. The summed E-state index contributed by atoms with van der Waals surface area (Å²) in [4.78, 5) is 11.2. The van der Waals surface area contributed by atoms with E-state index >= 15 is 0 Å². The predicted octanol–water partition coefficient (Wildman–Crippen LogP) is 4.63. The molecule has 4 heteroatoms. The van der Waals surface area contributed by atoms with Crippen molar-refractivity contribution in [2.24, 2.45) is 5.92 Å². The molecule has 27 heavy (non-hydrogen) atoms. The maximum absolute atomic E-state index is 4.28. The standard InChI is InChI=1S/C23H30N4/c1-2-5-20(6-3-1)21-12-17-27(18-13-21)16-11-19-7-9-22(10-8-19)26-23-24-14-4-15-25-23/h1-6,12,14-15,19,22H,7-11,13,16-18H2,(H,24,25,26). The predicted molar refractivity (Wildman–Crippen MR) is 111 cm³/mol. The monoisotopic (exact) mass is 362 g/mol.